The summed E-state index contributed by atoms with van der Waals surface area (Å²) in [5.41, 5.74) is 4.12. The van der Waals surface area contributed by atoms with Gasteiger partial charge in [0, 0.05) is 16.0 Å². The van der Waals surface area contributed by atoms with E-state index in [1.807, 2.05) is 61.2 Å². The average molecular weight is 388 g/mol. The molecule has 2 heterocycles. The predicted octanol–water partition coefficient (Wildman–Crippen LogP) is 5.67. The number of aryl methyl sites for hydroxylation is 1. The Bertz CT molecular complexity index is 1080. The molecule has 0 fully saturated rings. The minimum absolute atomic E-state index is 0.379. The van der Waals surface area contributed by atoms with Crippen molar-refractivity contribution in [2.24, 2.45) is 0 Å². The van der Waals surface area contributed by atoms with Gasteiger partial charge >= 0.3 is 0 Å². The topological polar surface area (TPSA) is 64.7 Å². The fourth-order valence-electron chi connectivity index (χ4n) is 2.81. The molecule has 0 aliphatic rings. The van der Waals surface area contributed by atoms with Crippen LogP contribution in [0.5, 0.6) is 0 Å². The van der Waals surface area contributed by atoms with Gasteiger partial charge in [0.2, 0.25) is 5.89 Å². The lowest BCUT2D eigenvalue weighted by Gasteiger charge is -2.09. The fraction of sp³-hybridized carbons (Fsp3) is 0.182. The summed E-state index contributed by atoms with van der Waals surface area (Å²) in [4.78, 5) is 10.6. The van der Waals surface area contributed by atoms with Gasteiger partial charge < -0.3 is 4.42 Å². The van der Waals surface area contributed by atoms with Crippen LogP contribution in [0.15, 0.2) is 70.1 Å². The first-order valence-corrected chi connectivity index (χ1v) is 10.2. The summed E-state index contributed by atoms with van der Waals surface area (Å²) < 4.78 is 5.89. The molecule has 140 valence electrons. The Kier molecular flexibility index (Phi) is 5.48. The zero-order chi connectivity index (χ0) is 19.3. The van der Waals surface area contributed by atoms with Crippen molar-refractivity contribution in [3.05, 3.63) is 66.5 Å². The van der Waals surface area contributed by atoms with E-state index >= 15 is 0 Å². The van der Waals surface area contributed by atoms with Gasteiger partial charge in [-0.25, -0.2) is 4.98 Å². The summed E-state index contributed by atoms with van der Waals surface area (Å²) in [6.45, 7) is 4.08. The van der Waals surface area contributed by atoms with E-state index in [0.29, 0.717) is 17.5 Å². The predicted molar refractivity (Wildman–Crippen MR) is 112 cm³/mol. The second kappa shape index (κ2) is 8.35. The molecule has 0 aliphatic carbocycles. The maximum Gasteiger partial charge on any atom is 0.268 e. The van der Waals surface area contributed by atoms with Crippen LogP contribution >= 0.6 is 11.8 Å². The van der Waals surface area contributed by atoms with E-state index in [-0.39, 0.29) is 0 Å². The first-order valence-electron chi connectivity index (χ1n) is 9.21. The van der Waals surface area contributed by atoms with Crippen LogP contribution < -0.4 is 0 Å². The lowest BCUT2D eigenvalue weighted by atomic mass is 10.1. The lowest BCUT2D eigenvalue weighted by molar-refractivity contribution is 0.581. The Morgan fingerprint density at radius 1 is 0.929 bits per heavy atom. The number of benzene rings is 2. The molecule has 0 spiro atoms. The molecule has 0 amide bonds. The zero-order valence-electron chi connectivity index (χ0n) is 15.8. The molecular formula is C22H20N4OS. The second-order valence-electron chi connectivity index (χ2n) is 6.31. The largest absolute Gasteiger partial charge is 0.415 e. The minimum Gasteiger partial charge on any atom is -0.415 e. The molecule has 2 aromatic carbocycles. The molecule has 0 N–H and O–H groups in total. The van der Waals surface area contributed by atoms with E-state index in [0.717, 1.165) is 34.7 Å². The van der Waals surface area contributed by atoms with E-state index in [2.05, 4.69) is 34.2 Å². The summed E-state index contributed by atoms with van der Waals surface area (Å²) in [5, 5.41) is 8.38. The number of hydrogen-bond donors (Lipinski definition) is 0. The number of nitrogens with zero attached hydrogens (tertiary/aromatic N) is 4. The monoisotopic (exact) mass is 388 g/mol. The van der Waals surface area contributed by atoms with Gasteiger partial charge in [-0.15, -0.1) is 22.0 Å². The van der Waals surface area contributed by atoms with Gasteiger partial charge in [0.05, 0.1) is 17.6 Å². The van der Waals surface area contributed by atoms with Crippen LogP contribution in [0, 0.1) is 6.92 Å². The molecule has 0 aliphatic heterocycles. The molecule has 4 rings (SSSR count). The van der Waals surface area contributed by atoms with Crippen LogP contribution in [0.4, 0.5) is 0 Å². The van der Waals surface area contributed by atoms with E-state index < -0.39 is 0 Å². The van der Waals surface area contributed by atoms with E-state index in [4.69, 9.17) is 9.40 Å². The molecule has 0 atom stereocenters. The molecule has 4 aromatic rings. The molecular weight excluding hydrogens is 368 g/mol. The van der Waals surface area contributed by atoms with Crippen LogP contribution in [-0.2, 0) is 0 Å². The van der Waals surface area contributed by atoms with Gasteiger partial charge in [0.1, 0.15) is 5.69 Å². The fourth-order valence-corrected chi connectivity index (χ4v) is 3.74. The van der Waals surface area contributed by atoms with Crippen molar-refractivity contribution < 1.29 is 4.42 Å². The SMILES string of the molecule is CCCSc1ccccc1-c1cnc(C)c(-c2nnc(-c3ccccc3)o2)n1. The van der Waals surface area contributed by atoms with Crippen molar-refractivity contribution in [1.82, 2.24) is 20.2 Å². The van der Waals surface area contributed by atoms with Gasteiger partial charge in [0.15, 0.2) is 0 Å². The summed E-state index contributed by atoms with van der Waals surface area (Å²) in [7, 11) is 0. The first-order chi connectivity index (χ1) is 13.8. The maximum atomic E-state index is 5.89. The quantitative estimate of drug-likeness (QED) is 0.396. The van der Waals surface area contributed by atoms with Crippen LogP contribution in [0.25, 0.3) is 34.3 Å². The van der Waals surface area contributed by atoms with E-state index in [9.17, 15) is 0 Å². The lowest BCUT2D eigenvalue weighted by Crippen LogP contribution is -1.96. The van der Waals surface area contributed by atoms with E-state index in [1.165, 1.54) is 4.90 Å². The van der Waals surface area contributed by atoms with E-state index in [1.54, 1.807) is 6.20 Å². The Labute approximate surface area is 168 Å². The zero-order valence-corrected chi connectivity index (χ0v) is 16.6. The number of hydrogen-bond acceptors (Lipinski definition) is 6. The van der Waals surface area contributed by atoms with Crippen molar-refractivity contribution in [3.63, 3.8) is 0 Å². The molecule has 0 saturated carbocycles. The Morgan fingerprint density at radius 2 is 1.68 bits per heavy atom. The standard InChI is InChI=1S/C22H20N4OS/c1-3-13-28-19-12-8-7-11-17(19)18-14-23-15(2)20(24-18)22-26-25-21(27-22)16-9-5-4-6-10-16/h4-12,14H,3,13H2,1-2H3. The number of aromatic nitrogens is 4. The van der Waals surface area contributed by atoms with Crippen LogP contribution in [-0.4, -0.2) is 25.9 Å². The van der Waals surface area contributed by atoms with Gasteiger partial charge in [0.25, 0.3) is 5.89 Å². The van der Waals surface area contributed by atoms with Gasteiger partial charge in [-0.3, -0.25) is 4.98 Å². The van der Waals surface area contributed by atoms with Crippen molar-refractivity contribution in [2.45, 2.75) is 25.2 Å². The molecule has 28 heavy (non-hydrogen) atoms. The highest BCUT2D eigenvalue weighted by Gasteiger charge is 2.17. The van der Waals surface area contributed by atoms with Crippen LogP contribution in [0.3, 0.4) is 0 Å². The van der Waals surface area contributed by atoms with Crippen molar-refractivity contribution >= 4 is 11.8 Å². The Balaban J connectivity index is 1.72. The third kappa shape index (κ3) is 3.82. The maximum absolute atomic E-state index is 5.89. The molecule has 0 radical (unpaired) electrons. The molecule has 2 aromatic heterocycles. The van der Waals surface area contributed by atoms with Gasteiger partial charge in [-0.05, 0) is 37.3 Å². The Hall–Kier alpha value is -2.99. The van der Waals surface area contributed by atoms with Crippen LogP contribution in [0.2, 0.25) is 0 Å². The summed E-state index contributed by atoms with van der Waals surface area (Å²) >= 11 is 1.83. The second-order valence-corrected chi connectivity index (χ2v) is 7.45. The Morgan fingerprint density at radius 3 is 2.50 bits per heavy atom. The van der Waals surface area contributed by atoms with Crippen molar-refractivity contribution in [2.75, 3.05) is 5.75 Å². The minimum atomic E-state index is 0.379. The highest BCUT2D eigenvalue weighted by molar-refractivity contribution is 7.99. The van der Waals surface area contributed by atoms with Crippen molar-refractivity contribution in [1.29, 1.82) is 0 Å². The highest BCUT2D eigenvalue weighted by atomic mass is 32.2. The highest BCUT2D eigenvalue weighted by Crippen LogP contribution is 2.32. The van der Waals surface area contributed by atoms with Crippen LogP contribution in [0.1, 0.15) is 19.0 Å². The normalized spacial score (nSPS) is 10.9. The molecule has 0 saturated heterocycles. The number of thioether (sulfide) groups is 1. The van der Waals surface area contributed by atoms with Gasteiger partial charge in [-0.1, -0.05) is 43.3 Å². The molecule has 0 unspecified atom stereocenters. The molecule has 6 heteroatoms. The number of rotatable bonds is 6. The third-order valence-electron chi connectivity index (χ3n) is 4.23. The molecule has 0 bridgehead atoms. The molecule has 5 nitrogen and oxygen atoms in total. The summed E-state index contributed by atoms with van der Waals surface area (Å²) in [6.07, 6.45) is 2.92. The first kappa shape index (κ1) is 18.4. The van der Waals surface area contributed by atoms with Gasteiger partial charge in [-0.2, -0.15) is 0 Å². The average Bonchev–Trinajstić information content (AvgIpc) is 3.23. The third-order valence-corrected chi connectivity index (χ3v) is 5.51. The summed E-state index contributed by atoms with van der Waals surface area (Å²) in [5.74, 6) is 1.92. The smallest absolute Gasteiger partial charge is 0.268 e. The summed E-state index contributed by atoms with van der Waals surface area (Å²) in [6, 6.07) is 18.0. The van der Waals surface area contributed by atoms with Crippen molar-refractivity contribution in [3.8, 4) is 34.3 Å².